The summed E-state index contributed by atoms with van der Waals surface area (Å²) in [5.41, 5.74) is 0.939. The van der Waals surface area contributed by atoms with Crippen LogP contribution < -0.4 is 4.90 Å². The number of benzene rings is 1. The Hall–Kier alpha value is -2.22. The lowest BCUT2D eigenvalue weighted by Gasteiger charge is -2.34. The number of ether oxygens (including phenoxy) is 1. The molecule has 1 aromatic rings. The zero-order valence-electron chi connectivity index (χ0n) is 15.6. The van der Waals surface area contributed by atoms with Gasteiger partial charge in [-0.05, 0) is 25.5 Å². The van der Waals surface area contributed by atoms with Crippen molar-refractivity contribution in [3.8, 4) is 0 Å². The maximum atomic E-state index is 12.5. The van der Waals surface area contributed by atoms with Crippen molar-refractivity contribution in [3.05, 3.63) is 24.3 Å². The van der Waals surface area contributed by atoms with Crippen molar-refractivity contribution in [2.45, 2.75) is 24.7 Å². The van der Waals surface area contributed by atoms with Crippen LogP contribution in [0.4, 0.5) is 10.5 Å². The first-order chi connectivity index (χ1) is 13.1. The number of nitrogens with zero attached hydrogens (tertiary/aromatic N) is 3. The lowest BCUT2D eigenvalue weighted by molar-refractivity contribution is -0.133. The second-order valence-electron chi connectivity index (χ2n) is 6.47. The van der Waals surface area contributed by atoms with E-state index in [2.05, 4.69) is 0 Å². The summed E-state index contributed by atoms with van der Waals surface area (Å²) >= 11 is 1.56. The van der Waals surface area contributed by atoms with Gasteiger partial charge in [-0.1, -0.05) is 12.1 Å². The number of carbonyl (C=O) groups is 3. The first-order valence-corrected chi connectivity index (χ1v) is 10.3. The molecule has 0 aliphatic carbocycles. The van der Waals surface area contributed by atoms with E-state index < -0.39 is 0 Å². The summed E-state index contributed by atoms with van der Waals surface area (Å²) in [5, 5.41) is 0. The Labute approximate surface area is 163 Å². The standard InChI is InChI=1S/C19H25N3O4S/c1-2-26-19(25)21-12-10-20(11-13-21)17(23)8-5-9-22-15-6-3-4-7-16(15)27-14-18(22)24/h3-4,6-7H,2,5,8-14H2,1H3. The first-order valence-electron chi connectivity index (χ1n) is 9.32. The summed E-state index contributed by atoms with van der Waals surface area (Å²) in [6, 6.07) is 7.88. The highest BCUT2D eigenvalue weighted by Crippen LogP contribution is 2.34. The fourth-order valence-corrected chi connectivity index (χ4v) is 4.23. The minimum Gasteiger partial charge on any atom is -0.450 e. The van der Waals surface area contributed by atoms with Gasteiger partial charge in [-0.15, -0.1) is 11.8 Å². The van der Waals surface area contributed by atoms with Crippen LogP contribution in [-0.4, -0.2) is 72.8 Å². The SMILES string of the molecule is CCOC(=O)N1CCN(C(=O)CCCN2C(=O)CSc3ccccc32)CC1. The molecule has 0 atom stereocenters. The van der Waals surface area contributed by atoms with Gasteiger partial charge < -0.3 is 19.4 Å². The molecule has 1 saturated heterocycles. The predicted molar refractivity (Wildman–Crippen MR) is 104 cm³/mol. The van der Waals surface area contributed by atoms with Gasteiger partial charge in [0.2, 0.25) is 11.8 Å². The molecule has 0 N–H and O–H groups in total. The predicted octanol–water partition coefficient (Wildman–Crippen LogP) is 2.21. The lowest BCUT2D eigenvalue weighted by atomic mass is 10.2. The van der Waals surface area contributed by atoms with Crippen LogP contribution in [-0.2, 0) is 14.3 Å². The topological polar surface area (TPSA) is 70.2 Å². The number of para-hydroxylation sites is 1. The number of carbonyl (C=O) groups excluding carboxylic acids is 3. The van der Waals surface area contributed by atoms with Crippen molar-refractivity contribution >= 4 is 35.4 Å². The molecule has 3 amide bonds. The highest BCUT2D eigenvalue weighted by atomic mass is 32.2. The average molecular weight is 391 g/mol. The van der Waals surface area contributed by atoms with E-state index in [1.54, 1.807) is 33.4 Å². The van der Waals surface area contributed by atoms with E-state index in [1.165, 1.54) is 0 Å². The molecular formula is C19H25N3O4S. The highest BCUT2D eigenvalue weighted by Gasteiger charge is 2.26. The third-order valence-corrected chi connectivity index (χ3v) is 5.79. The van der Waals surface area contributed by atoms with Crippen molar-refractivity contribution in [3.63, 3.8) is 0 Å². The van der Waals surface area contributed by atoms with E-state index >= 15 is 0 Å². The Kier molecular flexibility index (Phi) is 6.60. The minimum absolute atomic E-state index is 0.0747. The number of anilines is 1. The van der Waals surface area contributed by atoms with Crippen molar-refractivity contribution in [1.29, 1.82) is 0 Å². The Bertz CT molecular complexity index is 704. The average Bonchev–Trinajstić information content (AvgIpc) is 2.70. The molecule has 3 rings (SSSR count). The molecule has 8 heteroatoms. The Morgan fingerprint density at radius 3 is 2.56 bits per heavy atom. The fraction of sp³-hybridized carbons (Fsp3) is 0.526. The number of rotatable bonds is 5. The van der Waals surface area contributed by atoms with Crippen LogP contribution in [0.3, 0.4) is 0 Å². The van der Waals surface area contributed by atoms with Crippen LogP contribution in [0.1, 0.15) is 19.8 Å². The molecule has 146 valence electrons. The number of amides is 3. The Morgan fingerprint density at radius 2 is 1.81 bits per heavy atom. The van der Waals surface area contributed by atoms with Gasteiger partial charge in [-0.2, -0.15) is 0 Å². The largest absolute Gasteiger partial charge is 0.450 e. The summed E-state index contributed by atoms with van der Waals surface area (Å²) in [7, 11) is 0. The van der Waals surface area contributed by atoms with E-state index in [1.807, 2.05) is 24.3 Å². The normalized spacial score (nSPS) is 16.9. The monoisotopic (exact) mass is 391 g/mol. The van der Waals surface area contributed by atoms with Gasteiger partial charge in [0, 0.05) is 44.0 Å². The second kappa shape index (κ2) is 9.12. The van der Waals surface area contributed by atoms with Crippen LogP contribution >= 0.6 is 11.8 Å². The lowest BCUT2D eigenvalue weighted by Crippen LogP contribution is -2.50. The fourth-order valence-electron chi connectivity index (χ4n) is 3.30. The molecule has 0 unspecified atom stereocenters. The zero-order valence-corrected chi connectivity index (χ0v) is 16.4. The maximum Gasteiger partial charge on any atom is 0.409 e. The molecule has 1 aromatic carbocycles. The van der Waals surface area contributed by atoms with Crippen LogP contribution in [0, 0.1) is 0 Å². The van der Waals surface area contributed by atoms with E-state index in [4.69, 9.17) is 4.74 Å². The summed E-state index contributed by atoms with van der Waals surface area (Å²) in [6.07, 6.45) is 0.713. The molecular weight excluding hydrogens is 366 g/mol. The van der Waals surface area contributed by atoms with Gasteiger partial charge in [0.15, 0.2) is 0 Å². The highest BCUT2D eigenvalue weighted by molar-refractivity contribution is 8.00. The van der Waals surface area contributed by atoms with Crippen LogP contribution in [0.15, 0.2) is 29.2 Å². The first kappa shape index (κ1) is 19.5. The van der Waals surface area contributed by atoms with Crippen molar-refractivity contribution in [1.82, 2.24) is 9.80 Å². The van der Waals surface area contributed by atoms with Gasteiger partial charge in [0.05, 0.1) is 18.0 Å². The third kappa shape index (κ3) is 4.74. The van der Waals surface area contributed by atoms with Crippen molar-refractivity contribution in [2.75, 3.05) is 50.0 Å². The number of hydrogen-bond acceptors (Lipinski definition) is 5. The maximum absolute atomic E-state index is 12.5. The summed E-state index contributed by atoms with van der Waals surface area (Å²) in [6.45, 7) is 4.74. The van der Waals surface area contributed by atoms with Crippen LogP contribution in [0.2, 0.25) is 0 Å². The molecule has 2 heterocycles. The number of fused-ring (bicyclic) bond motifs is 1. The van der Waals surface area contributed by atoms with Gasteiger partial charge in [-0.3, -0.25) is 9.59 Å². The molecule has 0 spiro atoms. The third-order valence-electron chi connectivity index (χ3n) is 4.74. The summed E-state index contributed by atoms with van der Waals surface area (Å²) < 4.78 is 4.99. The van der Waals surface area contributed by atoms with Crippen molar-refractivity contribution < 1.29 is 19.1 Å². The number of piperazine rings is 1. The van der Waals surface area contributed by atoms with Gasteiger partial charge >= 0.3 is 6.09 Å². The number of thioether (sulfide) groups is 1. The van der Waals surface area contributed by atoms with E-state index in [-0.39, 0.29) is 17.9 Å². The number of hydrogen-bond donors (Lipinski definition) is 0. The summed E-state index contributed by atoms with van der Waals surface area (Å²) in [4.78, 5) is 42.7. The molecule has 0 bridgehead atoms. The Morgan fingerprint density at radius 1 is 1.11 bits per heavy atom. The van der Waals surface area contributed by atoms with Gasteiger partial charge in [0.25, 0.3) is 0 Å². The summed E-state index contributed by atoms with van der Waals surface area (Å²) in [5.74, 6) is 0.612. The van der Waals surface area contributed by atoms with E-state index in [9.17, 15) is 14.4 Å². The minimum atomic E-state index is -0.315. The van der Waals surface area contributed by atoms with Crippen LogP contribution in [0.5, 0.6) is 0 Å². The van der Waals surface area contributed by atoms with E-state index in [0.29, 0.717) is 57.9 Å². The molecule has 2 aliphatic rings. The van der Waals surface area contributed by atoms with Crippen LogP contribution in [0.25, 0.3) is 0 Å². The van der Waals surface area contributed by atoms with Gasteiger partial charge in [0.1, 0.15) is 0 Å². The molecule has 0 saturated carbocycles. The molecule has 0 aromatic heterocycles. The quantitative estimate of drug-likeness (QED) is 0.770. The molecule has 2 aliphatic heterocycles. The molecule has 0 radical (unpaired) electrons. The molecule has 7 nitrogen and oxygen atoms in total. The molecule has 1 fully saturated rings. The second-order valence-corrected chi connectivity index (χ2v) is 7.49. The van der Waals surface area contributed by atoms with Crippen molar-refractivity contribution in [2.24, 2.45) is 0 Å². The molecule has 27 heavy (non-hydrogen) atoms. The van der Waals surface area contributed by atoms with E-state index in [0.717, 1.165) is 10.6 Å². The van der Waals surface area contributed by atoms with Gasteiger partial charge in [-0.25, -0.2) is 4.79 Å². The Balaban J connectivity index is 1.45. The smallest absolute Gasteiger partial charge is 0.409 e. The zero-order chi connectivity index (χ0) is 19.2.